The molecule has 7 nitrogen and oxygen atoms in total. The summed E-state index contributed by atoms with van der Waals surface area (Å²) in [6, 6.07) is 22.7. The first-order chi connectivity index (χ1) is 16.9. The van der Waals surface area contributed by atoms with Gasteiger partial charge in [-0.05, 0) is 55.5 Å². The number of aromatic nitrogens is 2. The predicted octanol–water partition coefficient (Wildman–Crippen LogP) is 4.11. The number of hydrogen-bond donors (Lipinski definition) is 0. The number of para-hydroxylation sites is 1. The Kier molecular flexibility index (Phi) is 6.46. The summed E-state index contributed by atoms with van der Waals surface area (Å²) in [6.07, 6.45) is 0. The summed E-state index contributed by atoms with van der Waals surface area (Å²) in [4.78, 5) is 20.9. The Balaban J connectivity index is 1.47. The molecule has 1 aromatic heterocycles. The average molecular weight is 509 g/mol. The van der Waals surface area contributed by atoms with Gasteiger partial charge in [-0.15, -0.1) is 0 Å². The molecule has 35 heavy (non-hydrogen) atoms. The van der Waals surface area contributed by atoms with Crippen molar-refractivity contribution in [2.75, 3.05) is 26.2 Å². The molecule has 4 aromatic rings. The van der Waals surface area contributed by atoms with E-state index in [0.29, 0.717) is 58.5 Å². The largest absolute Gasteiger partial charge is 0.291 e. The first kappa shape index (κ1) is 23.7. The van der Waals surface area contributed by atoms with Crippen molar-refractivity contribution in [2.24, 2.45) is 0 Å². The molecule has 180 valence electrons. The fraction of sp³-hybridized carbons (Fsp3) is 0.231. The van der Waals surface area contributed by atoms with E-state index in [0.717, 1.165) is 0 Å². The van der Waals surface area contributed by atoms with Crippen LogP contribution in [-0.2, 0) is 10.0 Å². The van der Waals surface area contributed by atoms with Crippen LogP contribution in [0.15, 0.2) is 88.6 Å². The summed E-state index contributed by atoms with van der Waals surface area (Å²) in [5.41, 5.74) is 1.17. The predicted molar refractivity (Wildman–Crippen MR) is 138 cm³/mol. The zero-order valence-corrected chi connectivity index (χ0v) is 20.8. The molecule has 0 bridgehead atoms. The molecule has 3 aromatic carbocycles. The third-order valence-corrected chi connectivity index (χ3v) is 8.63. The lowest BCUT2D eigenvalue weighted by atomic mass is 10.1. The molecule has 1 aliphatic rings. The maximum atomic E-state index is 13.5. The van der Waals surface area contributed by atoms with E-state index in [1.807, 2.05) is 25.1 Å². The molecule has 0 spiro atoms. The molecule has 0 amide bonds. The van der Waals surface area contributed by atoms with Gasteiger partial charge in [0.1, 0.15) is 5.82 Å². The van der Waals surface area contributed by atoms with Crippen LogP contribution in [0.4, 0.5) is 0 Å². The van der Waals surface area contributed by atoms with Gasteiger partial charge in [0, 0.05) is 31.2 Å². The minimum Gasteiger partial charge on any atom is -0.291 e. The Hall–Kier alpha value is -3.04. The summed E-state index contributed by atoms with van der Waals surface area (Å²) in [5.74, 6) is 0.607. The van der Waals surface area contributed by atoms with Gasteiger partial charge >= 0.3 is 0 Å². The van der Waals surface area contributed by atoms with Crippen LogP contribution >= 0.6 is 11.6 Å². The standard InChI is InChI=1S/C26H25ClN4O3S/c1-19(29-15-17-30(18-16-29)35(33,34)22-7-3-2-4-8-22)25-28-24-10-6-5-9-23(24)26(32)31(25)21-13-11-20(27)12-14-21/h2-14,19H,15-18H2,1H3. The van der Waals surface area contributed by atoms with E-state index in [9.17, 15) is 13.2 Å². The Morgan fingerprint density at radius 3 is 2.17 bits per heavy atom. The van der Waals surface area contributed by atoms with Crippen molar-refractivity contribution in [2.45, 2.75) is 17.9 Å². The third kappa shape index (κ3) is 4.50. The molecular formula is C26H25ClN4O3S. The van der Waals surface area contributed by atoms with Crippen LogP contribution in [0.1, 0.15) is 18.8 Å². The smallest absolute Gasteiger partial charge is 0.266 e. The van der Waals surface area contributed by atoms with E-state index in [1.165, 1.54) is 4.31 Å². The molecule has 2 heterocycles. The topological polar surface area (TPSA) is 75.5 Å². The summed E-state index contributed by atoms with van der Waals surface area (Å²) < 4.78 is 29.2. The highest BCUT2D eigenvalue weighted by Crippen LogP contribution is 2.26. The SMILES string of the molecule is CC(c1nc2ccccc2c(=O)n1-c1ccc(Cl)cc1)N1CCN(S(=O)(=O)c2ccccc2)CC1. The minimum atomic E-state index is -3.54. The lowest BCUT2D eigenvalue weighted by Gasteiger charge is -2.37. The summed E-state index contributed by atoms with van der Waals surface area (Å²) >= 11 is 6.09. The van der Waals surface area contributed by atoms with E-state index < -0.39 is 10.0 Å². The van der Waals surface area contributed by atoms with Gasteiger partial charge in [-0.1, -0.05) is 41.9 Å². The van der Waals surface area contributed by atoms with Crippen LogP contribution in [-0.4, -0.2) is 53.4 Å². The highest BCUT2D eigenvalue weighted by atomic mass is 35.5. The quantitative estimate of drug-likeness (QED) is 0.405. The Bertz CT molecular complexity index is 1510. The van der Waals surface area contributed by atoms with E-state index in [1.54, 1.807) is 65.2 Å². The molecule has 0 saturated carbocycles. The highest BCUT2D eigenvalue weighted by molar-refractivity contribution is 7.89. The minimum absolute atomic E-state index is 0.148. The number of sulfonamides is 1. The zero-order chi connectivity index (χ0) is 24.6. The highest BCUT2D eigenvalue weighted by Gasteiger charge is 2.32. The van der Waals surface area contributed by atoms with Crippen molar-refractivity contribution in [3.05, 3.63) is 100 Å². The van der Waals surface area contributed by atoms with Crippen LogP contribution in [0, 0.1) is 0 Å². The van der Waals surface area contributed by atoms with Gasteiger partial charge in [-0.2, -0.15) is 4.31 Å². The molecule has 1 unspecified atom stereocenters. The second-order valence-electron chi connectivity index (χ2n) is 8.53. The molecule has 1 aliphatic heterocycles. The average Bonchev–Trinajstić information content (AvgIpc) is 2.89. The van der Waals surface area contributed by atoms with Crippen molar-refractivity contribution in [1.29, 1.82) is 0 Å². The number of rotatable bonds is 5. The number of benzene rings is 3. The lowest BCUT2D eigenvalue weighted by molar-refractivity contribution is 0.140. The van der Waals surface area contributed by atoms with Crippen molar-refractivity contribution < 1.29 is 8.42 Å². The fourth-order valence-electron chi connectivity index (χ4n) is 4.51. The zero-order valence-electron chi connectivity index (χ0n) is 19.2. The number of hydrogen-bond acceptors (Lipinski definition) is 5. The van der Waals surface area contributed by atoms with Crippen LogP contribution in [0.3, 0.4) is 0 Å². The van der Waals surface area contributed by atoms with E-state index in [-0.39, 0.29) is 11.6 Å². The molecule has 1 atom stereocenters. The van der Waals surface area contributed by atoms with Crippen LogP contribution in [0.5, 0.6) is 0 Å². The Morgan fingerprint density at radius 2 is 1.49 bits per heavy atom. The number of halogens is 1. The Labute approximate surface area is 209 Å². The maximum Gasteiger partial charge on any atom is 0.266 e. The molecule has 5 rings (SSSR count). The van der Waals surface area contributed by atoms with Gasteiger partial charge in [-0.25, -0.2) is 13.4 Å². The van der Waals surface area contributed by atoms with E-state index in [2.05, 4.69) is 4.90 Å². The van der Waals surface area contributed by atoms with E-state index >= 15 is 0 Å². The van der Waals surface area contributed by atoms with Gasteiger partial charge in [-0.3, -0.25) is 14.3 Å². The number of fused-ring (bicyclic) bond motifs is 1. The Morgan fingerprint density at radius 1 is 0.857 bits per heavy atom. The third-order valence-electron chi connectivity index (χ3n) is 6.46. The molecule has 1 fully saturated rings. The molecule has 1 saturated heterocycles. The van der Waals surface area contributed by atoms with Gasteiger partial charge in [0.05, 0.1) is 27.5 Å². The summed E-state index contributed by atoms with van der Waals surface area (Å²) in [5, 5.41) is 1.12. The number of piperazine rings is 1. The van der Waals surface area contributed by atoms with Crippen molar-refractivity contribution in [1.82, 2.24) is 18.8 Å². The van der Waals surface area contributed by atoms with Gasteiger partial charge < -0.3 is 0 Å². The van der Waals surface area contributed by atoms with Crippen LogP contribution in [0.2, 0.25) is 5.02 Å². The van der Waals surface area contributed by atoms with Gasteiger partial charge in [0.2, 0.25) is 10.0 Å². The lowest BCUT2D eigenvalue weighted by Crippen LogP contribution is -2.49. The molecule has 0 radical (unpaired) electrons. The number of nitrogens with zero attached hydrogens (tertiary/aromatic N) is 4. The van der Waals surface area contributed by atoms with Gasteiger partial charge in [0.15, 0.2) is 0 Å². The summed E-state index contributed by atoms with van der Waals surface area (Å²) in [7, 11) is -3.54. The second-order valence-corrected chi connectivity index (χ2v) is 10.9. The summed E-state index contributed by atoms with van der Waals surface area (Å²) in [6.45, 7) is 3.78. The molecular weight excluding hydrogens is 484 g/mol. The fourth-order valence-corrected chi connectivity index (χ4v) is 6.08. The monoisotopic (exact) mass is 508 g/mol. The van der Waals surface area contributed by atoms with Crippen molar-refractivity contribution in [3.8, 4) is 5.69 Å². The van der Waals surface area contributed by atoms with Crippen LogP contribution < -0.4 is 5.56 Å². The normalized spacial score (nSPS) is 16.4. The van der Waals surface area contributed by atoms with Crippen molar-refractivity contribution in [3.63, 3.8) is 0 Å². The first-order valence-electron chi connectivity index (χ1n) is 11.4. The maximum absolute atomic E-state index is 13.5. The molecule has 0 N–H and O–H groups in total. The van der Waals surface area contributed by atoms with Crippen molar-refractivity contribution >= 4 is 32.5 Å². The van der Waals surface area contributed by atoms with E-state index in [4.69, 9.17) is 16.6 Å². The van der Waals surface area contributed by atoms with Gasteiger partial charge in [0.25, 0.3) is 5.56 Å². The first-order valence-corrected chi connectivity index (χ1v) is 13.2. The van der Waals surface area contributed by atoms with Crippen LogP contribution in [0.25, 0.3) is 16.6 Å². The molecule has 9 heteroatoms. The second kappa shape index (κ2) is 9.54. The molecule has 0 aliphatic carbocycles.